The highest BCUT2D eigenvalue weighted by atomic mass is 32.1. The van der Waals surface area contributed by atoms with E-state index in [1.165, 1.54) is 11.3 Å². The molecule has 26 heavy (non-hydrogen) atoms. The third kappa shape index (κ3) is 4.20. The summed E-state index contributed by atoms with van der Waals surface area (Å²) < 4.78 is 0. The zero-order chi connectivity index (χ0) is 18.9. The molecule has 1 amide bonds. The fourth-order valence-electron chi connectivity index (χ4n) is 2.76. The van der Waals surface area contributed by atoms with Crippen LogP contribution in [0.3, 0.4) is 0 Å². The second-order valence-electron chi connectivity index (χ2n) is 8.07. The number of aromatic nitrogens is 3. The molecule has 3 rings (SSSR count). The topological polar surface area (TPSA) is 71.0 Å². The van der Waals surface area contributed by atoms with Gasteiger partial charge >= 0.3 is 0 Å². The lowest BCUT2D eigenvalue weighted by molar-refractivity contribution is 0.102. The molecule has 0 saturated carbocycles. The van der Waals surface area contributed by atoms with Gasteiger partial charge in [0.15, 0.2) is 5.13 Å². The molecule has 3 heterocycles. The number of rotatable bonds is 4. The number of carbonyl (C=O) groups is 1. The van der Waals surface area contributed by atoms with Crippen molar-refractivity contribution in [2.75, 3.05) is 23.3 Å². The summed E-state index contributed by atoms with van der Waals surface area (Å²) in [5.41, 5.74) is 2.23. The summed E-state index contributed by atoms with van der Waals surface area (Å²) in [5, 5.41) is 5.49. The number of carbonyl (C=O) groups excluding carboxylic acids is 1. The molecular weight excluding hydrogens is 346 g/mol. The molecular formula is C19H27N5OS. The molecule has 7 heteroatoms. The molecule has 1 saturated heterocycles. The number of nitrogens with one attached hydrogen (secondary N) is 1. The zero-order valence-corrected chi connectivity index (χ0v) is 17.0. The van der Waals surface area contributed by atoms with Gasteiger partial charge in [0.25, 0.3) is 5.91 Å². The summed E-state index contributed by atoms with van der Waals surface area (Å²) in [5.74, 6) is 0.663. The first kappa shape index (κ1) is 18.8. The van der Waals surface area contributed by atoms with Gasteiger partial charge in [0.2, 0.25) is 5.95 Å². The van der Waals surface area contributed by atoms with Crippen LogP contribution in [-0.4, -0.2) is 33.9 Å². The molecule has 1 aliphatic rings. The molecule has 1 aliphatic heterocycles. The Labute approximate surface area is 159 Å². The molecule has 0 radical (unpaired) electrons. The average Bonchev–Trinajstić information content (AvgIpc) is 3.25. The van der Waals surface area contributed by atoms with Crippen LogP contribution in [0, 0.1) is 0 Å². The van der Waals surface area contributed by atoms with Gasteiger partial charge in [-0.3, -0.25) is 10.1 Å². The molecule has 0 aliphatic carbocycles. The zero-order valence-electron chi connectivity index (χ0n) is 16.2. The molecule has 0 unspecified atom stereocenters. The fraction of sp³-hybridized carbons (Fsp3) is 0.579. The van der Waals surface area contributed by atoms with E-state index in [9.17, 15) is 4.79 Å². The van der Waals surface area contributed by atoms with Crippen LogP contribution in [0.4, 0.5) is 11.1 Å². The largest absolute Gasteiger partial charge is 0.341 e. The maximum absolute atomic E-state index is 12.8. The molecule has 0 bridgehead atoms. The van der Waals surface area contributed by atoms with E-state index in [0.29, 0.717) is 16.8 Å². The summed E-state index contributed by atoms with van der Waals surface area (Å²) in [6.07, 6.45) is 2.29. The van der Waals surface area contributed by atoms with E-state index in [2.05, 4.69) is 59.8 Å². The van der Waals surface area contributed by atoms with Gasteiger partial charge in [-0.2, -0.15) is 0 Å². The molecule has 2 aromatic heterocycles. The third-order valence-corrected chi connectivity index (χ3v) is 5.20. The van der Waals surface area contributed by atoms with E-state index in [0.717, 1.165) is 37.3 Å². The summed E-state index contributed by atoms with van der Waals surface area (Å²) in [6, 6.07) is 1.79. The molecule has 6 nitrogen and oxygen atoms in total. The van der Waals surface area contributed by atoms with Crippen LogP contribution < -0.4 is 10.2 Å². The molecule has 0 spiro atoms. The Balaban J connectivity index is 1.84. The van der Waals surface area contributed by atoms with Crippen LogP contribution in [0.15, 0.2) is 11.4 Å². The van der Waals surface area contributed by atoms with Gasteiger partial charge in [0.05, 0.1) is 5.69 Å². The van der Waals surface area contributed by atoms with E-state index in [-0.39, 0.29) is 17.2 Å². The van der Waals surface area contributed by atoms with Crippen LogP contribution >= 0.6 is 11.3 Å². The van der Waals surface area contributed by atoms with Crippen LogP contribution in [0.2, 0.25) is 0 Å². The monoisotopic (exact) mass is 373 g/mol. The van der Waals surface area contributed by atoms with E-state index < -0.39 is 0 Å². The van der Waals surface area contributed by atoms with Gasteiger partial charge in [-0.1, -0.05) is 34.6 Å². The molecule has 1 N–H and O–H groups in total. The van der Waals surface area contributed by atoms with Gasteiger partial charge in [0, 0.05) is 29.6 Å². The molecule has 2 aromatic rings. The fourth-order valence-corrected chi connectivity index (χ4v) is 3.69. The van der Waals surface area contributed by atoms with Crippen molar-refractivity contribution < 1.29 is 4.79 Å². The molecule has 0 aromatic carbocycles. The SMILES string of the molecule is CC(C)c1cc(C(=O)Nc2nc(C(C)(C)C)cs2)nc(N2CCCC2)n1. The number of hydrogen-bond donors (Lipinski definition) is 1. The van der Waals surface area contributed by atoms with Gasteiger partial charge in [-0.25, -0.2) is 15.0 Å². The van der Waals surface area contributed by atoms with Gasteiger partial charge in [0.1, 0.15) is 5.69 Å². The lowest BCUT2D eigenvalue weighted by atomic mass is 9.93. The summed E-state index contributed by atoms with van der Waals surface area (Å²) in [6.45, 7) is 12.4. The Kier molecular flexibility index (Phi) is 5.27. The quantitative estimate of drug-likeness (QED) is 0.869. The summed E-state index contributed by atoms with van der Waals surface area (Å²) in [4.78, 5) is 28.6. The smallest absolute Gasteiger partial charge is 0.276 e. The van der Waals surface area contributed by atoms with Gasteiger partial charge in [-0.05, 0) is 24.8 Å². The van der Waals surface area contributed by atoms with Crippen LogP contribution in [0.25, 0.3) is 0 Å². The minimum Gasteiger partial charge on any atom is -0.341 e. The van der Waals surface area contributed by atoms with E-state index in [1.54, 1.807) is 6.07 Å². The Bertz CT molecular complexity index is 787. The maximum Gasteiger partial charge on any atom is 0.276 e. The number of hydrogen-bond acceptors (Lipinski definition) is 6. The van der Waals surface area contributed by atoms with Crippen molar-refractivity contribution in [1.82, 2.24) is 15.0 Å². The van der Waals surface area contributed by atoms with Gasteiger partial charge < -0.3 is 4.90 Å². The standard InChI is InChI=1S/C19H27N5OS/c1-12(2)13-10-14(21-17(20-13)24-8-6-7-9-24)16(25)23-18-22-15(11-26-18)19(3,4)5/h10-12H,6-9H2,1-5H3,(H,22,23,25). The normalized spacial score (nSPS) is 14.9. The molecule has 1 fully saturated rings. The third-order valence-electron chi connectivity index (χ3n) is 4.44. The summed E-state index contributed by atoms with van der Waals surface area (Å²) in [7, 11) is 0. The van der Waals surface area contributed by atoms with Crippen molar-refractivity contribution in [3.05, 3.63) is 28.5 Å². The number of thiazole rings is 1. The van der Waals surface area contributed by atoms with Crippen molar-refractivity contribution in [1.29, 1.82) is 0 Å². The number of nitrogens with zero attached hydrogens (tertiary/aromatic N) is 4. The predicted octanol–water partition coefficient (Wildman–Crippen LogP) is 4.21. The number of anilines is 2. The first-order chi connectivity index (χ1) is 12.2. The van der Waals surface area contributed by atoms with E-state index in [4.69, 9.17) is 0 Å². The molecule has 140 valence electrons. The Morgan fingerprint density at radius 3 is 2.46 bits per heavy atom. The average molecular weight is 374 g/mol. The Morgan fingerprint density at radius 1 is 1.19 bits per heavy atom. The number of amides is 1. The van der Waals surface area contributed by atoms with Crippen LogP contribution in [-0.2, 0) is 5.41 Å². The summed E-state index contributed by atoms with van der Waals surface area (Å²) >= 11 is 1.44. The minimum atomic E-state index is -0.232. The lowest BCUT2D eigenvalue weighted by Crippen LogP contribution is -2.24. The van der Waals surface area contributed by atoms with Crippen LogP contribution in [0.1, 0.15) is 75.3 Å². The van der Waals surface area contributed by atoms with Crippen molar-refractivity contribution in [2.45, 2.75) is 58.8 Å². The highest BCUT2D eigenvalue weighted by molar-refractivity contribution is 7.14. The van der Waals surface area contributed by atoms with Gasteiger partial charge in [-0.15, -0.1) is 11.3 Å². The van der Waals surface area contributed by atoms with E-state index in [1.807, 2.05) is 5.38 Å². The second-order valence-corrected chi connectivity index (χ2v) is 8.93. The second kappa shape index (κ2) is 7.31. The van der Waals surface area contributed by atoms with Crippen LogP contribution in [0.5, 0.6) is 0 Å². The first-order valence-electron chi connectivity index (χ1n) is 9.15. The van der Waals surface area contributed by atoms with E-state index >= 15 is 0 Å². The van der Waals surface area contributed by atoms with Crippen molar-refractivity contribution in [3.63, 3.8) is 0 Å². The highest BCUT2D eigenvalue weighted by Gasteiger charge is 2.22. The Hall–Kier alpha value is -2.02. The Morgan fingerprint density at radius 2 is 1.88 bits per heavy atom. The molecule has 0 atom stereocenters. The van der Waals surface area contributed by atoms with Crippen molar-refractivity contribution in [3.8, 4) is 0 Å². The minimum absolute atomic E-state index is 0.0396. The van der Waals surface area contributed by atoms with Crippen molar-refractivity contribution in [2.24, 2.45) is 0 Å². The lowest BCUT2D eigenvalue weighted by Gasteiger charge is -2.18. The van der Waals surface area contributed by atoms with Crippen molar-refractivity contribution >= 4 is 28.3 Å². The first-order valence-corrected chi connectivity index (χ1v) is 10.0. The highest BCUT2D eigenvalue weighted by Crippen LogP contribution is 2.27. The predicted molar refractivity (Wildman–Crippen MR) is 106 cm³/mol. The maximum atomic E-state index is 12.8.